The van der Waals surface area contributed by atoms with Gasteiger partial charge >= 0.3 is 0 Å². The number of benzene rings is 2. The minimum absolute atomic E-state index is 1.03. The van der Waals surface area contributed by atoms with Gasteiger partial charge in [0, 0.05) is 0 Å². The summed E-state index contributed by atoms with van der Waals surface area (Å²) in [6.45, 7) is 2.11. The van der Waals surface area contributed by atoms with Crippen molar-refractivity contribution in [1.29, 1.82) is 0 Å². The second-order valence-corrected chi connectivity index (χ2v) is 5.03. The van der Waals surface area contributed by atoms with Crippen molar-refractivity contribution >= 4 is 16.7 Å². The fourth-order valence-electron chi connectivity index (χ4n) is 2.72. The maximum Gasteiger partial charge on any atom is 0.141 e. The van der Waals surface area contributed by atoms with E-state index in [1.54, 1.807) is 0 Å². The van der Waals surface area contributed by atoms with Crippen LogP contribution in [0.2, 0.25) is 0 Å². The quantitative estimate of drug-likeness (QED) is 0.492. The van der Waals surface area contributed by atoms with Crippen molar-refractivity contribution in [2.45, 2.75) is 6.92 Å². The topological polar surface area (TPSA) is 17.3 Å². The number of rotatable bonds is 1. The highest BCUT2D eigenvalue weighted by Crippen LogP contribution is 2.27. The Morgan fingerprint density at radius 2 is 1.55 bits per heavy atom. The monoisotopic (exact) mass is 258 g/mol. The van der Waals surface area contributed by atoms with E-state index in [0.29, 0.717) is 0 Å². The van der Waals surface area contributed by atoms with E-state index in [9.17, 15) is 0 Å². The van der Waals surface area contributed by atoms with Crippen LogP contribution in [0, 0.1) is 6.92 Å². The van der Waals surface area contributed by atoms with Crippen LogP contribution >= 0.6 is 0 Å². The Morgan fingerprint density at radius 1 is 0.800 bits per heavy atom. The maximum atomic E-state index is 4.76. The van der Waals surface area contributed by atoms with Crippen molar-refractivity contribution in [2.75, 3.05) is 0 Å². The van der Waals surface area contributed by atoms with Crippen molar-refractivity contribution in [3.05, 3.63) is 72.3 Å². The van der Waals surface area contributed by atoms with Gasteiger partial charge in [0.15, 0.2) is 0 Å². The van der Waals surface area contributed by atoms with Gasteiger partial charge in [-0.3, -0.25) is 4.40 Å². The number of para-hydroxylation sites is 2. The van der Waals surface area contributed by atoms with Crippen LogP contribution in [0.3, 0.4) is 0 Å². The van der Waals surface area contributed by atoms with Crippen LogP contribution in [0.1, 0.15) is 5.56 Å². The fourth-order valence-corrected chi connectivity index (χ4v) is 2.72. The molecule has 20 heavy (non-hydrogen) atoms. The Morgan fingerprint density at radius 3 is 2.40 bits per heavy atom. The van der Waals surface area contributed by atoms with Gasteiger partial charge in [0.25, 0.3) is 0 Å². The molecule has 0 unspecified atom stereocenters. The molecule has 2 aromatic carbocycles. The number of nitrogens with zero attached hydrogens (tertiary/aromatic N) is 2. The third kappa shape index (κ3) is 1.55. The van der Waals surface area contributed by atoms with Gasteiger partial charge in [0.05, 0.1) is 16.7 Å². The Labute approximate surface area is 117 Å². The van der Waals surface area contributed by atoms with Crippen LogP contribution in [0.25, 0.3) is 27.9 Å². The molecule has 0 fully saturated rings. The minimum Gasteiger partial charge on any atom is -0.292 e. The molecule has 0 radical (unpaired) electrons. The molecule has 0 aliphatic rings. The summed E-state index contributed by atoms with van der Waals surface area (Å²) in [6.07, 6.45) is 0. The first-order chi connectivity index (χ1) is 9.84. The van der Waals surface area contributed by atoms with Gasteiger partial charge in [-0.2, -0.15) is 0 Å². The first-order valence-corrected chi connectivity index (χ1v) is 6.77. The summed E-state index contributed by atoms with van der Waals surface area (Å²) in [5, 5.41) is 0. The maximum absolute atomic E-state index is 4.76. The standard InChI is InChI=1S/C18H14N2/c1-13-11-12-16(14-7-3-2-4-8-14)20-17-10-6-5-9-15(17)19-18(13)20/h2-12H,1H3. The molecule has 2 heterocycles. The van der Waals surface area contributed by atoms with Gasteiger partial charge in [-0.25, -0.2) is 4.98 Å². The summed E-state index contributed by atoms with van der Waals surface area (Å²) in [4.78, 5) is 4.76. The molecule has 0 saturated carbocycles. The highest BCUT2D eigenvalue weighted by atomic mass is 15.0. The average molecular weight is 258 g/mol. The first kappa shape index (κ1) is 11.2. The van der Waals surface area contributed by atoms with E-state index >= 15 is 0 Å². The second-order valence-electron chi connectivity index (χ2n) is 5.03. The van der Waals surface area contributed by atoms with Crippen molar-refractivity contribution < 1.29 is 0 Å². The molecule has 0 saturated heterocycles. The van der Waals surface area contributed by atoms with Crippen molar-refractivity contribution in [1.82, 2.24) is 9.38 Å². The van der Waals surface area contributed by atoms with E-state index in [-0.39, 0.29) is 0 Å². The van der Waals surface area contributed by atoms with Gasteiger partial charge in [0.2, 0.25) is 0 Å². The number of hydrogen-bond donors (Lipinski definition) is 0. The van der Waals surface area contributed by atoms with Gasteiger partial charge < -0.3 is 0 Å². The Bertz CT molecular complexity index is 905. The summed E-state index contributed by atoms with van der Waals surface area (Å²) < 4.78 is 2.25. The molecular formula is C18H14N2. The fraction of sp³-hybridized carbons (Fsp3) is 0.0556. The third-order valence-corrected chi connectivity index (χ3v) is 3.72. The molecule has 2 aromatic heterocycles. The second kappa shape index (κ2) is 4.20. The average Bonchev–Trinajstić information content (AvgIpc) is 2.89. The predicted octanol–water partition coefficient (Wildman–Crippen LogP) is 4.46. The zero-order valence-corrected chi connectivity index (χ0v) is 11.2. The zero-order chi connectivity index (χ0) is 13.5. The van der Waals surface area contributed by atoms with E-state index in [2.05, 4.69) is 65.9 Å². The Kier molecular flexibility index (Phi) is 2.36. The molecule has 2 heteroatoms. The first-order valence-electron chi connectivity index (χ1n) is 6.77. The summed E-state index contributed by atoms with van der Waals surface area (Å²) in [5.41, 5.74) is 6.82. The highest BCUT2D eigenvalue weighted by Gasteiger charge is 2.10. The van der Waals surface area contributed by atoms with Crippen LogP contribution in [-0.2, 0) is 0 Å². The van der Waals surface area contributed by atoms with Crippen molar-refractivity contribution in [2.24, 2.45) is 0 Å². The molecule has 0 aliphatic carbocycles. The summed E-state index contributed by atoms with van der Waals surface area (Å²) >= 11 is 0. The summed E-state index contributed by atoms with van der Waals surface area (Å²) in [7, 11) is 0. The van der Waals surface area contributed by atoms with Gasteiger partial charge in [-0.05, 0) is 36.2 Å². The molecule has 96 valence electrons. The van der Waals surface area contributed by atoms with Gasteiger partial charge in [-0.1, -0.05) is 48.5 Å². The number of fused-ring (bicyclic) bond motifs is 3. The molecular weight excluding hydrogens is 244 g/mol. The smallest absolute Gasteiger partial charge is 0.141 e. The Hall–Kier alpha value is -2.61. The highest BCUT2D eigenvalue weighted by molar-refractivity contribution is 5.84. The normalized spacial score (nSPS) is 11.2. The van der Waals surface area contributed by atoms with Crippen LogP contribution in [0.15, 0.2) is 66.7 Å². The van der Waals surface area contributed by atoms with Crippen LogP contribution in [0.4, 0.5) is 0 Å². The van der Waals surface area contributed by atoms with E-state index in [4.69, 9.17) is 4.98 Å². The lowest BCUT2D eigenvalue weighted by Gasteiger charge is -2.08. The van der Waals surface area contributed by atoms with Crippen molar-refractivity contribution in [3.63, 3.8) is 0 Å². The van der Waals surface area contributed by atoms with Crippen LogP contribution in [-0.4, -0.2) is 9.38 Å². The number of imidazole rings is 1. The minimum atomic E-state index is 1.03. The number of aryl methyl sites for hydroxylation is 1. The molecule has 0 spiro atoms. The van der Waals surface area contributed by atoms with Gasteiger partial charge in [-0.15, -0.1) is 0 Å². The molecule has 4 aromatic rings. The van der Waals surface area contributed by atoms with E-state index in [0.717, 1.165) is 16.7 Å². The summed E-state index contributed by atoms with van der Waals surface area (Å²) in [6, 6.07) is 23.1. The molecule has 0 atom stereocenters. The lowest BCUT2D eigenvalue weighted by molar-refractivity contribution is 1.20. The van der Waals surface area contributed by atoms with E-state index < -0.39 is 0 Å². The lowest BCUT2D eigenvalue weighted by Crippen LogP contribution is -1.93. The molecule has 0 bridgehead atoms. The number of aromatic nitrogens is 2. The molecule has 0 amide bonds. The number of pyridine rings is 1. The van der Waals surface area contributed by atoms with Crippen molar-refractivity contribution in [3.8, 4) is 11.3 Å². The van der Waals surface area contributed by atoms with Crippen LogP contribution in [0.5, 0.6) is 0 Å². The largest absolute Gasteiger partial charge is 0.292 e. The third-order valence-electron chi connectivity index (χ3n) is 3.72. The molecule has 2 nitrogen and oxygen atoms in total. The number of hydrogen-bond acceptors (Lipinski definition) is 1. The molecule has 0 aliphatic heterocycles. The molecule has 4 rings (SSSR count). The van der Waals surface area contributed by atoms with Crippen LogP contribution < -0.4 is 0 Å². The van der Waals surface area contributed by atoms with Gasteiger partial charge in [0.1, 0.15) is 5.65 Å². The lowest BCUT2D eigenvalue weighted by atomic mass is 10.1. The Balaban J connectivity index is 2.19. The summed E-state index contributed by atoms with van der Waals surface area (Å²) in [5.74, 6) is 0. The zero-order valence-electron chi connectivity index (χ0n) is 11.2. The SMILES string of the molecule is Cc1ccc(-c2ccccc2)n2c1nc1ccccc12. The molecule has 0 N–H and O–H groups in total. The van der Waals surface area contributed by atoms with E-state index in [1.807, 2.05) is 12.1 Å². The van der Waals surface area contributed by atoms with E-state index in [1.165, 1.54) is 16.8 Å². The predicted molar refractivity (Wildman–Crippen MR) is 82.9 cm³/mol.